The molecule has 0 spiro atoms. The molecule has 1 aromatic rings. The third-order valence-electron chi connectivity index (χ3n) is 3.88. The first-order valence-electron chi connectivity index (χ1n) is 6.94. The summed E-state index contributed by atoms with van der Waals surface area (Å²) in [4.78, 5) is 18.7. The van der Waals surface area contributed by atoms with Gasteiger partial charge in [0.25, 0.3) is 5.91 Å². The minimum Gasteiger partial charge on any atom is -0.382 e. The summed E-state index contributed by atoms with van der Waals surface area (Å²) in [5, 5.41) is 0. The van der Waals surface area contributed by atoms with E-state index < -0.39 is 0 Å². The molecule has 1 amide bonds. The molecule has 4 heteroatoms. The van der Waals surface area contributed by atoms with E-state index in [1.165, 1.54) is 0 Å². The molecule has 0 aromatic carbocycles. The SMILES string of the molecule is CCC[C@@]1(COC)CCCN1C(=O)c1cccnc1. The number of ether oxygens (including phenoxy) is 1. The van der Waals surface area contributed by atoms with Crippen LogP contribution in [0, 0.1) is 0 Å². The third kappa shape index (κ3) is 2.78. The Labute approximate surface area is 114 Å². The summed E-state index contributed by atoms with van der Waals surface area (Å²) in [5.74, 6) is 0.0797. The molecular weight excluding hydrogens is 240 g/mol. The van der Waals surface area contributed by atoms with Gasteiger partial charge in [-0.15, -0.1) is 0 Å². The molecular formula is C15H22N2O2. The van der Waals surface area contributed by atoms with Crippen LogP contribution in [0.3, 0.4) is 0 Å². The van der Waals surface area contributed by atoms with Gasteiger partial charge in [-0.2, -0.15) is 0 Å². The van der Waals surface area contributed by atoms with E-state index in [0.29, 0.717) is 12.2 Å². The van der Waals surface area contributed by atoms with Gasteiger partial charge in [-0.25, -0.2) is 0 Å². The molecule has 2 heterocycles. The number of carbonyl (C=O) groups is 1. The zero-order valence-corrected chi connectivity index (χ0v) is 11.8. The van der Waals surface area contributed by atoms with E-state index in [9.17, 15) is 4.79 Å². The average Bonchev–Trinajstić information content (AvgIpc) is 2.83. The van der Waals surface area contributed by atoms with Crippen LogP contribution < -0.4 is 0 Å². The van der Waals surface area contributed by atoms with Crippen molar-refractivity contribution < 1.29 is 9.53 Å². The van der Waals surface area contributed by atoms with Crippen LogP contribution in [-0.2, 0) is 4.74 Å². The predicted octanol–water partition coefficient (Wildman–Crippen LogP) is 2.50. The van der Waals surface area contributed by atoms with Gasteiger partial charge in [0.15, 0.2) is 0 Å². The molecule has 0 radical (unpaired) electrons. The number of rotatable bonds is 5. The molecule has 0 unspecified atom stereocenters. The maximum Gasteiger partial charge on any atom is 0.255 e. The van der Waals surface area contributed by atoms with Gasteiger partial charge >= 0.3 is 0 Å². The topological polar surface area (TPSA) is 42.4 Å². The van der Waals surface area contributed by atoms with Gasteiger partial charge in [0, 0.05) is 26.0 Å². The standard InChI is InChI=1S/C15H22N2O2/c1-3-7-15(12-19-2)8-5-10-17(15)14(18)13-6-4-9-16-11-13/h4,6,9,11H,3,5,7-8,10,12H2,1-2H3/t15-/m0/s1. The van der Waals surface area contributed by atoms with Crippen LogP contribution in [0.4, 0.5) is 0 Å². The smallest absolute Gasteiger partial charge is 0.255 e. The summed E-state index contributed by atoms with van der Waals surface area (Å²) < 4.78 is 5.39. The molecule has 1 atom stereocenters. The molecule has 1 aliphatic rings. The minimum absolute atomic E-state index is 0.0797. The van der Waals surface area contributed by atoms with Crippen LogP contribution in [0.15, 0.2) is 24.5 Å². The van der Waals surface area contributed by atoms with Crippen molar-refractivity contribution in [3.8, 4) is 0 Å². The number of pyridine rings is 1. The van der Waals surface area contributed by atoms with Crippen LogP contribution in [0.2, 0.25) is 0 Å². The molecule has 0 bridgehead atoms. The summed E-state index contributed by atoms with van der Waals surface area (Å²) in [5.41, 5.74) is 0.539. The second-order valence-corrected chi connectivity index (χ2v) is 5.21. The molecule has 1 aliphatic heterocycles. The van der Waals surface area contributed by atoms with Gasteiger partial charge in [0.05, 0.1) is 17.7 Å². The molecule has 1 saturated heterocycles. The van der Waals surface area contributed by atoms with Gasteiger partial charge in [0.1, 0.15) is 0 Å². The lowest BCUT2D eigenvalue weighted by molar-refractivity contribution is 0.0254. The van der Waals surface area contributed by atoms with Crippen LogP contribution in [0.25, 0.3) is 0 Å². The van der Waals surface area contributed by atoms with Crippen LogP contribution in [0.1, 0.15) is 43.0 Å². The molecule has 1 fully saturated rings. The Hall–Kier alpha value is -1.42. The third-order valence-corrected chi connectivity index (χ3v) is 3.88. The minimum atomic E-state index is -0.129. The summed E-state index contributed by atoms with van der Waals surface area (Å²) in [6, 6.07) is 3.64. The fourth-order valence-electron chi connectivity index (χ4n) is 3.12. The fourth-order valence-corrected chi connectivity index (χ4v) is 3.12. The fraction of sp³-hybridized carbons (Fsp3) is 0.600. The first-order valence-corrected chi connectivity index (χ1v) is 6.94. The number of aromatic nitrogens is 1. The highest BCUT2D eigenvalue weighted by Crippen LogP contribution is 2.35. The number of likely N-dealkylation sites (tertiary alicyclic amines) is 1. The zero-order chi connectivity index (χ0) is 13.7. The average molecular weight is 262 g/mol. The number of carbonyl (C=O) groups excluding carboxylic acids is 1. The second-order valence-electron chi connectivity index (χ2n) is 5.21. The van der Waals surface area contributed by atoms with E-state index in [4.69, 9.17) is 4.74 Å². The molecule has 0 N–H and O–H groups in total. The zero-order valence-electron chi connectivity index (χ0n) is 11.8. The van der Waals surface area contributed by atoms with Crippen LogP contribution in [-0.4, -0.2) is 41.6 Å². The largest absolute Gasteiger partial charge is 0.382 e. The number of nitrogens with zero attached hydrogens (tertiary/aromatic N) is 2. The van der Waals surface area contributed by atoms with Crippen molar-refractivity contribution in [3.63, 3.8) is 0 Å². The van der Waals surface area contributed by atoms with E-state index in [0.717, 1.165) is 32.2 Å². The molecule has 19 heavy (non-hydrogen) atoms. The Bertz CT molecular complexity index is 413. The normalized spacial score (nSPS) is 22.7. The summed E-state index contributed by atoms with van der Waals surface area (Å²) >= 11 is 0. The van der Waals surface area contributed by atoms with Crippen molar-refractivity contribution in [1.29, 1.82) is 0 Å². The Balaban J connectivity index is 2.24. The van der Waals surface area contributed by atoms with Gasteiger partial charge in [-0.1, -0.05) is 13.3 Å². The summed E-state index contributed by atoms with van der Waals surface area (Å²) in [7, 11) is 1.71. The van der Waals surface area contributed by atoms with Crippen molar-refractivity contribution in [2.75, 3.05) is 20.3 Å². The highest BCUT2D eigenvalue weighted by Gasteiger charge is 2.43. The summed E-state index contributed by atoms with van der Waals surface area (Å²) in [6.45, 7) is 3.59. The predicted molar refractivity (Wildman–Crippen MR) is 74.0 cm³/mol. The van der Waals surface area contributed by atoms with E-state index in [1.54, 1.807) is 25.6 Å². The van der Waals surface area contributed by atoms with Crippen LogP contribution >= 0.6 is 0 Å². The molecule has 4 nitrogen and oxygen atoms in total. The highest BCUT2D eigenvalue weighted by molar-refractivity contribution is 5.94. The van der Waals surface area contributed by atoms with Gasteiger partial charge in [-0.05, 0) is 31.4 Å². The maximum atomic E-state index is 12.6. The van der Waals surface area contributed by atoms with Crippen molar-refractivity contribution in [2.45, 2.75) is 38.1 Å². The molecule has 0 aliphatic carbocycles. The van der Waals surface area contributed by atoms with Gasteiger partial charge in [0.2, 0.25) is 0 Å². The van der Waals surface area contributed by atoms with Crippen molar-refractivity contribution in [3.05, 3.63) is 30.1 Å². The first kappa shape index (κ1) is 14.0. The lowest BCUT2D eigenvalue weighted by Gasteiger charge is -2.38. The van der Waals surface area contributed by atoms with Gasteiger partial charge < -0.3 is 9.64 Å². The lowest BCUT2D eigenvalue weighted by Crippen LogP contribution is -2.50. The second kappa shape index (κ2) is 6.15. The van der Waals surface area contributed by atoms with E-state index in [2.05, 4.69) is 11.9 Å². The number of hydrogen-bond acceptors (Lipinski definition) is 3. The maximum absolute atomic E-state index is 12.6. The van der Waals surface area contributed by atoms with E-state index >= 15 is 0 Å². The Morgan fingerprint density at radius 3 is 3.05 bits per heavy atom. The lowest BCUT2D eigenvalue weighted by atomic mass is 9.91. The quantitative estimate of drug-likeness (QED) is 0.818. The number of hydrogen-bond donors (Lipinski definition) is 0. The molecule has 0 saturated carbocycles. The number of amides is 1. The monoisotopic (exact) mass is 262 g/mol. The van der Waals surface area contributed by atoms with E-state index in [1.807, 2.05) is 11.0 Å². The molecule has 2 rings (SSSR count). The first-order chi connectivity index (χ1) is 9.23. The Morgan fingerprint density at radius 1 is 1.58 bits per heavy atom. The van der Waals surface area contributed by atoms with Crippen molar-refractivity contribution in [2.24, 2.45) is 0 Å². The highest BCUT2D eigenvalue weighted by atomic mass is 16.5. The molecule has 1 aromatic heterocycles. The Morgan fingerprint density at radius 2 is 2.42 bits per heavy atom. The molecule has 104 valence electrons. The van der Waals surface area contributed by atoms with E-state index in [-0.39, 0.29) is 11.4 Å². The van der Waals surface area contributed by atoms with Gasteiger partial charge in [-0.3, -0.25) is 9.78 Å². The van der Waals surface area contributed by atoms with Crippen molar-refractivity contribution in [1.82, 2.24) is 9.88 Å². The Kier molecular flexibility index (Phi) is 4.53. The summed E-state index contributed by atoms with van der Waals surface area (Å²) in [6.07, 6.45) is 7.46. The van der Waals surface area contributed by atoms with Crippen molar-refractivity contribution >= 4 is 5.91 Å². The number of methoxy groups -OCH3 is 1. The van der Waals surface area contributed by atoms with Crippen LogP contribution in [0.5, 0.6) is 0 Å².